The maximum absolute atomic E-state index is 14.0. The summed E-state index contributed by atoms with van der Waals surface area (Å²) >= 11 is 3.11. The summed E-state index contributed by atoms with van der Waals surface area (Å²) in [6.45, 7) is 11.3. The molecule has 20 heavy (non-hydrogen) atoms. The molecule has 0 bridgehead atoms. The lowest BCUT2D eigenvalue weighted by Crippen LogP contribution is -2.40. The Morgan fingerprint density at radius 3 is 2.30 bits per heavy atom. The van der Waals surface area contributed by atoms with E-state index in [1.54, 1.807) is 0 Å². The highest BCUT2D eigenvalue weighted by molar-refractivity contribution is 9.10. The van der Waals surface area contributed by atoms with Crippen molar-refractivity contribution in [2.24, 2.45) is 11.8 Å². The summed E-state index contributed by atoms with van der Waals surface area (Å²) in [5.41, 5.74) is 0.231. The van der Waals surface area contributed by atoms with E-state index < -0.39 is 11.6 Å². The predicted molar refractivity (Wildman–Crippen MR) is 83.8 cm³/mol. The first kappa shape index (κ1) is 17.6. The third-order valence-electron chi connectivity index (χ3n) is 3.59. The molecule has 0 heterocycles. The van der Waals surface area contributed by atoms with Crippen molar-refractivity contribution in [3.8, 4) is 0 Å². The standard InChI is InChI=1S/C16H24BrF2N/c1-10(11(2)9-20-16(3,4)5)8-12-14(18)7-6-13(17)15(12)19/h6-7,10-11,20H,8-9H2,1-5H3. The van der Waals surface area contributed by atoms with Crippen LogP contribution in [0.1, 0.15) is 40.2 Å². The van der Waals surface area contributed by atoms with Gasteiger partial charge >= 0.3 is 0 Å². The van der Waals surface area contributed by atoms with Crippen LogP contribution in [0.5, 0.6) is 0 Å². The van der Waals surface area contributed by atoms with Crippen molar-refractivity contribution >= 4 is 15.9 Å². The quantitative estimate of drug-likeness (QED) is 0.744. The maximum Gasteiger partial charge on any atom is 0.143 e. The average Bonchev–Trinajstić information content (AvgIpc) is 2.35. The fourth-order valence-electron chi connectivity index (χ4n) is 1.95. The zero-order valence-corrected chi connectivity index (χ0v) is 14.4. The molecular weight excluding hydrogens is 324 g/mol. The molecule has 0 aliphatic heterocycles. The fraction of sp³-hybridized carbons (Fsp3) is 0.625. The van der Waals surface area contributed by atoms with Gasteiger partial charge in [-0.15, -0.1) is 0 Å². The van der Waals surface area contributed by atoms with Crippen LogP contribution in [0.3, 0.4) is 0 Å². The molecule has 0 aromatic heterocycles. The third kappa shape index (κ3) is 5.13. The predicted octanol–water partition coefficient (Wildman–Crippen LogP) is 4.93. The Labute approximate surface area is 129 Å². The Hall–Kier alpha value is -0.480. The molecule has 1 N–H and O–H groups in total. The minimum absolute atomic E-state index is 0.0558. The first-order chi connectivity index (χ1) is 9.11. The van der Waals surface area contributed by atoms with Gasteiger partial charge in [-0.3, -0.25) is 0 Å². The molecule has 4 heteroatoms. The van der Waals surface area contributed by atoms with Crippen molar-refractivity contribution < 1.29 is 8.78 Å². The summed E-state index contributed by atoms with van der Waals surface area (Å²) in [6.07, 6.45) is 0.407. The van der Waals surface area contributed by atoms with E-state index in [1.807, 2.05) is 6.92 Å². The Bertz CT molecular complexity index is 455. The Morgan fingerprint density at radius 2 is 1.75 bits per heavy atom. The lowest BCUT2D eigenvalue weighted by atomic mass is 9.88. The van der Waals surface area contributed by atoms with Gasteiger partial charge in [0.2, 0.25) is 0 Å². The van der Waals surface area contributed by atoms with E-state index in [-0.39, 0.29) is 17.0 Å². The molecule has 2 atom stereocenters. The molecule has 1 nitrogen and oxygen atoms in total. The van der Waals surface area contributed by atoms with E-state index in [2.05, 4.69) is 48.9 Å². The minimum atomic E-state index is -0.479. The number of nitrogens with one attached hydrogen (secondary N) is 1. The van der Waals surface area contributed by atoms with Crippen LogP contribution in [0.2, 0.25) is 0 Å². The van der Waals surface area contributed by atoms with Crippen LogP contribution in [0, 0.1) is 23.5 Å². The van der Waals surface area contributed by atoms with Gasteiger partial charge in [-0.25, -0.2) is 8.78 Å². The first-order valence-corrected chi connectivity index (χ1v) is 7.78. The van der Waals surface area contributed by atoms with Gasteiger partial charge in [-0.2, -0.15) is 0 Å². The van der Waals surface area contributed by atoms with E-state index in [4.69, 9.17) is 0 Å². The summed E-state index contributed by atoms with van der Waals surface area (Å²) in [5, 5.41) is 3.43. The Morgan fingerprint density at radius 1 is 1.15 bits per heavy atom. The minimum Gasteiger partial charge on any atom is -0.312 e. The van der Waals surface area contributed by atoms with E-state index in [9.17, 15) is 8.78 Å². The van der Waals surface area contributed by atoms with E-state index >= 15 is 0 Å². The second-order valence-corrected chi connectivity index (χ2v) is 7.47. The molecule has 0 fully saturated rings. The van der Waals surface area contributed by atoms with Crippen molar-refractivity contribution in [3.05, 3.63) is 33.8 Å². The van der Waals surface area contributed by atoms with Gasteiger partial charge in [0.1, 0.15) is 11.6 Å². The highest BCUT2D eigenvalue weighted by Gasteiger charge is 2.20. The van der Waals surface area contributed by atoms with Crippen molar-refractivity contribution in [1.29, 1.82) is 0 Å². The molecule has 1 aromatic carbocycles. The smallest absolute Gasteiger partial charge is 0.143 e. The molecule has 0 saturated heterocycles. The molecular formula is C16H24BrF2N. The molecule has 1 rings (SSSR count). The van der Waals surface area contributed by atoms with Crippen LogP contribution in [-0.2, 0) is 6.42 Å². The molecule has 0 saturated carbocycles. The van der Waals surface area contributed by atoms with Crippen molar-refractivity contribution in [2.45, 2.75) is 46.6 Å². The lowest BCUT2D eigenvalue weighted by Gasteiger charge is -2.27. The van der Waals surface area contributed by atoms with Crippen LogP contribution in [-0.4, -0.2) is 12.1 Å². The van der Waals surface area contributed by atoms with Crippen LogP contribution in [0.15, 0.2) is 16.6 Å². The van der Waals surface area contributed by atoms with E-state index in [0.29, 0.717) is 16.8 Å². The van der Waals surface area contributed by atoms with Gasteiger partial charge in [0.25, 0.3) is 0 Å². The van der Waals surface area contributed by atoms with Crippen LogP contribution in [0.25, 0.3) is 0 Å². The normalized spacial score (nSPS) is 15.2. The van der Waals surface area contributed by atoms with Gasteiger partial charge < -0.3 is 5.32 Å². The van der Waals surface area contributed by atoms with Crippen LogP contribution < -0.4 is 5.32 Å². The number of rotatable bonds is 5. The Balaban J connectivity index is 2.71. The van der Waals surface area contributed by atoms with E-state index in [1.165, 1.54) is 12.1 Å². The summed E-state index contributed by atoms with van der Waals surface area (Å²) in [5.74, 6) is -0.406. The van der Waals surface area contributed by atoms with Crippen molar-refractivity contribution in [2.75, 3.05) is 6.54 Å². The SMILES string of the molecule is CC(CNC(C)(C)C)C(C)Cc1c(F)ccc(Br)c1F. The second-order valence-electron chi connectivity index (χ2n) is 6.61. The molecule has 0 amide bonds. The molecule has 0 spiro atoms. The number of hydrogen-bond acceptors (Lipinski definition) is 1. The maximum atomic E-state index is 14.0. The first-order valence-electron chi connectivity index (χ1n) is 6.99. The number of benzene rings is 1. The molecule has 2 unspecified atom stereocenters. The van der Waals surface area contributed by atoms with E-state index in [0.717, 1.165) is 6.54 Å². The largest absolute Gasteiger partial charge is 0.312 e. The molecule has 1 aromatic rings. The van der Waals surface area contributed by atoms with Crippen molar-refractivity contribution in [1.82, 2.24) is 5.32 Å². The van der Waals surface area contributed by atoms with Gasteiger partial charge in [0.05, 0.1) is 4.47 Å². The fourth-order valence-corrected chi connectivity index (χ4v) is 2.32. The molecule has 114 valence electrons. The summed E-state index contributed by atoms with van der Waals surface area (Å²) < 4.78 is 28.0. The average molecular weight is 348 g/mol. The summed E-state index contributed by atoms with van der Waals surface area (Å²) in [6, 6.07) is 2.72. The molecule has 0 radical (unpaired) electrons. The monoisotopic (exact) mass is 347 g/mol. The highest BCUT2D eigenvalue weighted by atomic mass is 79.9. The molecule has 0 aliphatic carbocycles. The van der Waals surface area contributed by atoms with Gasteiger partial charge in [0, 0.05) is 11.1 Å². The Kier molecular flexibility index (Phi) is 6.14. The van der Waals surface area contributed by atoms with Gasteiger partial charge in [0.15, 0.2) is 0 Å². The van der Waals surface area contributed by atoms with Gasteiger partial charge in [-0.05, 0) is 73.6 Å². The second kappa shape index (κ2) is 6.99. The molecule has 0 aliphatic rings. The van der Waals surface area contributed by atoms with Gasteiger partial charge in [-0.1, -0.05) is 13.8 Å². The third-order valence-corrected chi connectivity index (χ3v) is 4.20. The highest BCUT2D eigenvalue weighted by Crippen LogP contribution is 2.26. The number of hydrogen-bond donors (Lipinski definition) is 1. The lowest BCUT2D eigenvalue weighted by molar-refractivity contribution is 0.313. The van der Waals surface area contributed by atoms with Crippen LogP contribution >= 0.6 is 15.9 Å². The number of halogens is 3. The summed E-state index contributed by atoms with van der Waals surface area (Å²) in [7, 11) is 0. The zero-order valence-electron chi connectivity index (χ0n) is 12.9. The van der Waals surface area contributed by atoms with Crippen molar-refractivity contribution in [3.63, 3.8) is 0 Å². The zero-order chi connectivity index (χ0) is 15.5. The topological polar surface area (TPSA) is 12.0 Å². The van der Waals surface area contributed by atoms with Crippen LogP contribution in [0.4, 0.5) is 8.78 Å². The summed E-state index contributed by atoms with van der Waals surface area (Å²) in [4.78, 5) is 0.